The molecule has 1 aliphatic heterocycles. The highest BCUT2D eigenvalue weighted by Crippen LogP contribution is 2.52. The van der Waals surface area contributed by atoms with Crippen LogP contribution < -0.4 is 0 Å². The molecule has 1 aliphatic rings. The lowest BCUT2D eigenvalue weighted by Gasteiger charge is -2.35. The first-order valence-electron chi connectivity index (χ1n) is 12.0. The molecule has 0 bridgehead atoms. The molecule has 3 aromatic rings. The average Bonchev–Trinajstić information content (AvgIpc) is 3.15. The van der Waals surface area contributed by atoms with Crippen molar-refractivity contribution in [3.63, 3.8) is 0 Å². The molecule has 0 unspecified atom stereocenters. The Morgan fingerprint density at radius 2 is 1.34 bits per heavy atom. The Kier molecular flexibility index (Phi) is 6.32. The molecule has 182 valence electrons. The van der Waals surface area contributed by atoms with Gasteiger partial charge in [0, 0.05) is 16.7 Å². The van der Waals surface area contributed by atoms with Gasteiger partial charge in [-0.1, -0.05) is 33.8 Å². The van der Waals surface area contributed by atoms with Gasteiger partial charge in [-0.2, -0.15) is 0 Å². The highest BCUT2D eigenvalue weighted by molar-refractivity contribution is 6.02. The summed E-state index contributed by atoms with van der Waals surface area (Å²) in [5.41, 5.74) is 3.22. The lowest BCUT2D eigenvalue weighted by molar-refractivity contribution is 0.0239. The number of benzene rings is 3. The van der Waals surface area contributed by atoms with Crippen molar-refractivity contribution in [2.75, 3.05) is 0 Å². The van der Waals surface area contributed by atoms with Gasteiger partial charge in [-0.3, -0.25) is 0 Å². The van der Waals surface area contributed by atoms with Gasteiger partial charge in [-0.15, -0.1) is 0 Å². The third-order valence-corrected chi connectivity index (χ3v) is 6.99. The fourth-order valence-corrected chi connectivity index (χ4v) is 5.57. The summed E-state index contributed by atoms with van der Waals surface area (Å²) in [5.74, 6) is -1.83. The van der Waals surface area contributed by atoms with Crippen LogP contribution in [0.4, 0.5) is 0 Å². The van der Waals surface area contributed by atoms with Crippen molar-refractivity contribution < 1.29 is 29.6 Å². The number of carbonyl (C=O) groups excluding carboxylic acids is 1. The fourth-order valence-electron chi connectivity index (χ4n) is 5.57. The van der Waals surface area contributed by atoms with Gasteiger partial charge >= 0.3 is 11.9 Å². The molecule has 0 amide bonds. The molecule has 3 N–H and O–H groups in total. The van der Waals surface area contributed by atoms with E-state index in [4.69, 9.17) is 4.74 Å². The molecule has 35 heavy (non-hydrogen) atoms. The number of cyclic esters (lactones) is 1. The molecule has 0 saturated heterocycles. The summed E-state index contributed by atoms with van der Waals surface area (Å²) in [6.45, 7) is 7.90. The van der Waals surface area contributed by atoms with Crippen molar-refractivity contribution in [3.8, 4) is 11.5 Å². The lowest BCUT2D eigenvalue weighted by atomic mass is 9.72. The van der Waals surface area contributed by atoms with Crippen LogP contribution in [0, 0.1) is 0 Å². The van der Waals surface area contributed by atoms with Crippen LogP contribution in [-0.2, 0) is 36.0 Å². The zero-order valence-corrected chi connectivity index (χ0v) is 20.4. The van der Waals surface area contributed by atoms with Crippen molar-refractivity contribution in [2.45, 2.75) is 59.0 Å². The number of esters is 1. The molecular formula is C29H30O6. The van der Waals surface area contributed by atoms with Gasteiger partial charge in [0.1, 0.15) is 11.5 Å². The average molecular weight is 475 g/mol. The molecule has 0 aromatic heterocycles. The number of aromatic carboxylic acids is 1. The van der Waals surface area contributed by atoms with E-state index in [1.165, 1.54) is 12.1 Å². The molecule has 0 aliphatic carbocycles. The monoisotopic (exact) mass is 474 g/mol. The van der Waals surface area contributed by atoms with Crippen molar-refractivity contribution >= 4 is 11.9 Å². The third-order valence-electron chi connectivity index (χ3n) is 6.99. The van der Waals surface area contributed by atoms with E-state index in [2.05, 4.69) is 0 Å². The minimum Gasteiger partial charge on any atom is -0.508 e. The number of rotatable bonds is 7. The van der Waals surface area contributed by atoms with Crippen LogP contribution >= 0.6 is 0 Å². The molecule has 0 spiro atoms. The van der Waals surface area contributed by atoms with Crippen LogP contribution in [0.2, 0.25) is 0 Å². The smallest absolute Gasteiger partial charge is 0.340 e. The normalized spacial score (nSPS) is 14.0. The van der Waals surface area contributed by atoms with Crippen molar-refractivity contribution in [1.29, 1.82) is 0 Å². The van der Waals surface area contributed by atoms with Gasteiger partial charge in [0.15, 0.2) is 5.60 Å². The van der Waals surface area contributed by atoms with Crippen LogP contribution in [0.15, 0.2) is 42.5 Å². The molecule has 6 nitrogen and oxygen atoms in total. The number of ether oxygens (including phenoxy) is 1. The number of fused-ring (bicyclic) bond motifs is 1. The summed E-state index contributed by atoms with van der Waals surface area (Å²) in [6.07, 6.45) is 2.40. The highest BCUT2D eigenvalue weighted by Gasteiger charge is 2.53. The summed E-state index contributed by atoms with van der Waals surface area (Å²) in [6, 6.07) is 11.1. The van der Waals surface area contributed by atoms with E-state index in [0.717, 1.165) is 22.3 Å². The summed E-state index contributed by atoms with van der Waals surface area (Å²) in [5, 5.41) is 31.6. The van der Waals surface area contributed by atoms with E-state index < -0.39 is 17.5 Å². The maximum atomic E-state index is 13.3. The van der Waals surface area contributed by atoms with Gasteiger partial charge in [0.2, 0.25) is 0 Å². The Morgan fingerprint density at radius 1 is 0.829 bits per heavy atom. The van der Waals surface area contributed by atoms with E-state index in [-0.39, 0.29) is 28.2 Å². The molecule has 3 aromatic carbocycles. The number of carbonyl (C=O) groups is 2. The SMILES string of the molecule is CCc1cc(O)cc(C2(c3cc(O)cc(CC)c3CC)OC(=O)c3cccc(C(=O)O)c32)c1CC. The predicted molar refractivity (Wildman–Crippen MR) is 132 cm³/mol. The first kappa shape index (κ1) is 24.3. The largest absolute Gasteiger partial charge is 0.508 e. The minimum absolute atomic E-state index is 0.000327. The molecule has 0 atom stereocenters. The van der Waals surface area contributed by atoms with Crippen LogP contribution in [0.25, 0.3) is 0 Å². The Balaban J connectivity index is 2.30. The molecule has 0 radical (unpaired) electrons. The maximum absolute atomic E-state index is 13.3. The Hall–Kier alpha value is -3.80. The van der Waals surface area contributed by atoms with E-state index in [1.807, 2.05) is 27.7 Å². The molecule has 6 heteroatoms. The summed E-state index contributed by atoms with van der Waals surface area (Å²) in [4.78, 5) is 25.8. The number of aryl methyl sites for hydroxylation is 2. The number of hydrogen-bond acceptors (Lipinski definition) is 5. The summed E-state index contributed by atoms with van der Waals surface area (Å²) >= 11 is 0. The van der Waals surface area contributed by atoms with Gasteiger partial charge in [0.05, 0.1) is 11.1 Å². The van der Waals surface area contributed by atoms with E-state index >= 15 is 0 Å². The van der Waals surface area contributed by atoms with Crippen molar-refractivity contribution in [1.82, 2.24) is 0 Å². The lowest BCUT2D eigenvalue weighted by Crippen LogP contribution is -2.34. The minimum atomic E-state index is -1.65. The van der Waals surface area contributed by atoms with Crippen molar-refractivity contribution in [3.05, 3.63) is 92.5 Å². The topological polar surface area (TPSA) is 104 Å². The van der Waals surface area contributed by atoms with Crippen molar-refractivity contribution in [2.24, 2.45) is 0 Å². The van der Waals surface area contributed by atoms with Gasteiger partial charge < -0.3 is 20.1 Å². The molecular weight excluding hydrogens is 444 g/mol. The maximum Gasteiger partial charge on any atom is 0.340 e. The van der Waals surface area contributed by atoms with Crippen LogP contribution in [0.5, 0.6) is 11.5 Å². The molecule has 1 heterocycles. The number of phenols is 2. The summed E-state index contributed by atoms with van der Waals surface area (Å²) in [7, 11) is 0. The third kappa shape index (κ3) is 3.64. The number of phenolic OH excluding ortho intramolecular Hbond substituents is 2. The van der Waals surface area contributed by atoms with Crippen LogP contribution in [-0.4, -0.2) is 27.3 Å². The Labute approximate surface area is 204 Å². The van der Waals surface area contributed by atoms with Crippen LogP contribution in [0.3, 0.4) is 0 Å². The Bertz CT molecular complexity index is 1280. The first-order chi connectivity index (χ1) is 16.7. The van der Waals surface area contributed by atoms with E-state index in [1.54, 1.807) is 30.3 Å². The second kappa shape index (κ2) is 9.10. The second-order valence-corrected chi connectivity index (χ2v) is 8.78. The number of aromatic hydroxyl groups is 2. The summed E-state index contributed by atoms with van der Waals surface area (Å²) < 4.78 is 6.25. The first-order valence-corrected chi connectivity index (χ1v) is 12.0. The van der Waals surface area contributed by atoms with Gasteiger partial charge in [-0.25, -0.2) is 9.59 Å². The van der Waals surface area contributed by atoms with E-state index in [9.17, 15) is 24.9 Å². The standard InChI is InChI=1S/C29H30O6/c1-5-16-12-18(30)14-24(20(16)7-3)29(25-15-19(31)13-17(6-2)21(25)8-4)26-22(27(32)33)10-9-11-23(26)28(34)35-29/h9-15,30-31H,5-8H2,1-4H3,(H,32,33). The zero-order chi connectivity index (χ0) is 25.5. The van der Waals surface area contributed by atoms with Crippen LogP contribution in [0.1, 0.15) is 87.4 Å². The molecule has 0 saturated carbocycles. The zero-order valence-electron chi connectivity index (χ0n) is 20.4. The fraction of sp³-hybridized carbons (Fsp3) is 0.310. The number of hydrogen-bond donors (Lipinski definition) is 3. The predicted octanol–water partition coefficient (Wildman–Crippen LogP) is 5.51. The quantitative estimate of drug-likeness (QED) is 0.390. The number of carboxylic acid groups (broad SMARTS) is 1. The van der Waals surface area contributed by atoms with Gasteiger partial charge in [-0.05, 0) is 84.3 Å². The van der Waals surface area contributed by atoms with E-state index in [0.29, 0.717) is 36.8 Å². The van der Waals surface area contributed by atoms with Gasteiger partial charge in [0.25, 0.3) is 0 Å². The highest BCUT2D eigenvalue weighted by atomic mass is 16.6. The molecule has 0 fully saturated rings. The number of carboxylic acids is 1. The second-order valence-electron chi connectivity index (χ2n) is 8.78. The molecule has 4 rings (SSSR count). The Morgan fingerprint density at radius 3 is 1.77 bits per heavy atom.